The monoisotopic (exact) mass is 350 g/mol. The molecule has 138 valence electrons. The average molecular weight is 351 g/mol. The van der Waals surface area contributed by atoms with E-state index < -0.39 is 0 Å². The largest absolute Gasteiger partial charge is 0.329 e. The van der Waals surface area contributed by atoms with Crippen molar-refractivity contribution < 1.29 is 4.79 Å². The molecule has 1 unspecified atom stereocenters. The molecule has 0 N–H and O–H groups in total. The molecule has 0 aromatic heterocycles. The number of likely N-dealkylation sites (tertiary alicyclic amines) is 1. The highest BCUT2D eigenvalue weighted by atomic mass is 16.2. The number of nitrogens with zero attached hydrogens (tertiary/aromatic N) is 2. The zero-order valence-corrected chi connectivity index (χ0v) is 16.3. The smallest absolute Gasteiger partial charge is 0.255 e. The number of carbonyl (C=O) groups excluding carboxylic acids is 1. The van der Waals surface area contributed by atoms with Crippen LogP contribution >= 0.6 is 0 Å². The first-order valence-electron chi connectivity index (χ1n) is 9.52. The van der Waals surface area contributed by atoms with Gasteiger partial charge in [-0.25, -0.2) is 0 Å². The van der Waals surface area contributed by atoms with E-state index in [2.05, 4.69) is 48.9 Å². The first-order valence-corrected chi connectivity index (χ1v) is 9.52. The Morgan fingerprint density at radius 2 is 2.12 bits per heavy atom. The quantitative estimate of drug-likeness (QED) is 0.539. The number of allylic oxidation sites excluding steroid dienone is 4. The third-order valence-electron chi connectivity index (χ3n) is 6.00. The van der Waals surface area contributed by atoms with Gasteiger partial charge in [0.05, 0.1) is 6.04 Å². The van der Waals surface area contributed by atoms with Crippen LogP contribution in [0.1, 0.15) is 41.8 Å². The Bertz CT molecular complexity index is 753. The molecule has 1 fully saturated rings. The number of amides is 1. The average Bonchev–Trinajstić information content (AvgIpc) is 2.93. The van der Waals surface area contributed by atoms with E-state index >= 15 is 0 Å². The molecule has 1 aromatic carbocycles. The summed E-state index contributed by atoms with van der Waals surface area (Å²) >= 11 is 0. The molecule has 0 radical (unpaired) electrons. The van der Waals surface area contributed by atoms with Crippen molar-refractivity contribution in [1.29, 1.82) is 0 Å². The van der Waals surface area contributed by atoms with Crippen LogP contribution < -0.4 is 0 Å². The maximum Gasteiger partial charge on any atom is 0.255 e. The summed E-state index contributed by atoms with van der Waals surface area (Å²) in [5, 5.41) is 0. The molecular formula is C23H30N2O. The van der Waals surface area contributed by atoms with Crippen LogP contribution in [0.3, 0.4) is 0 Å². The molecule has 3 nitrogen and oxygen atoms in total. The lowest BCUT2D eigenvalue weighted by molar-refractivity contribution is 0.0274. The van der Waals surface area contributed by atoms with Gasteiger partial charge < -0.3 is 4.90 Å². The molecule has 3 rings (SSSR count). The third kappa shape index (κ3) is 3.41. The molecule has 1 atom stereocenters. The van der Waals surface area contributed by atoms with Crippen molar-refractivity contribution in [3.63, 3.8) is 0 Å². The lowest BCUT2D eigenvalue weighted by atomic mass is 9.89. The Hall–Kier alpha value is -2.13. The number of fused-ring (bicyclic) bond motifs is 1. The van der Waals surface area contributed by atoms with Crippen molar-refractivity contribution in [1.82, 2.24) is 9.80 Å². The summed E-state index contributed by atoms with van der Waals surface area (Å²) in [6.07, 6.45) is 5.10. The van der Waals surface area contributed by atoms with E-state index in [9.17, 15) is 4.79 Å². The van der Waals surface area contributed by atoms with Gasteiger partial charge >= 0.3 is 0 Å². The van der Waals surface area contributed by atoms with Gasteiger partial charge in [0.1, 0.15) is 0 Å². The summed E-state index contributed by atoms with van der Waals surface area (Å²) in [4.78, 5) is 17.3. The Labute approximate surface area is 157 Å². The summed E-state index contributed by atoms with van der Waals surface area (Å²) in [6, 6.07) is 6.51. The first-order chi connectivity index (χ1) is 12.5. The van der Waals surface area contributed by atoms with Crippen molar-refractivity contribution in [3.8, 4) is 0 Å². The molecule has 1 aromatic rings. The fraction of sp³-hybridized carbons (Fsp3) is 0.435. The highest BCUT2D eigenvalue weighted by Gasteiger charge is 2.39. The highest BCUT2D eigenvalue weighted by molar-refractivity contribution is 6.00. The Morgan fingerprint density at radius 3 is 2.73 bits per heavy atom. The summed E-state index contributed by atoms with van der Waals surface area (Å²) in [5.41, 5.74) is 5.65. The lowest BCUT2D eigenvalue weighted by Gasteiger charge is -2.44. The van der Waals surface area contributed by atoms with E-state index in [4.69, 9.17) is 0 Å². The van der Waals surface area contributed by atoms with Crippen molar-refractivity contribution in [3.05, 3.63) is 71.3 Å². The molecule has 1 amide bonds. The highest BCUT2D eigenvalue weighted by Crippen LogP contribution is 2.31. The van der Waals surface area contributed by atoms with Gasteiger partial charge in [-0.3, -0.25) is 9.69 Å². The standard InChI is InChI=1S/C23H30N2O/c1-6-16(3)21(17(4)7-2)11-12-24-14-20(15-24)25-13-19-10-8-9-18(5)22(19)23(25)26/h6-10,20-21H,1,3,11-15H2,2,4-5H3/b17-7+. The maximum absolute atomic E-state index is 12.8. The first kappa shape index (κ1) is 18.7. The molecule has 2 aliphatic heterocycles. The fourth-order valence-electron chi connectivity index (χ4n) is 4.14. The number of benzene rings is 1. The number of hydrogen-bond donors (Lipinski definition) is 0. The van der Waals surface area contributed by atoms with Crippen LogP contribution in [0.2, 0.25) is 0 Å². The minimum atomic E-state index is 0.213. The van der Waals surface area contributed by atoms with Gasteiger partial charge in [0.25, 0.3) is 5.91 Å². The molecule has 2 aliphatic rings. The van der Waals surface area contributed by atoms with E-state index in [1.165, 1.54) is 11.1 Å². The second-order valence-electron chi connectivity index (χ2n) is 7.61. The van der Waals surface area contributed by atoms with Gasteiger partial charge in [-0.15, -0.1) is 0 Å². The second kappa shape index (κ2) is 7.63. The minimum Gasteiger partial charge on any atom is -0.329 e. The number of carbonyl (C=O) groups is 1. The molecular weight excluding hydrogens is 320 g/mol. The van der Waals surface area contributed by atoms with Crippen molar-refractivity contribution in [2.45, 2.75) is 39.8 Å². The van der Waals surface area contributed by atoms with Crippen LogP contribution in [0, 0.1) is 12.8 Å². The van der Waals surface area contributed by atoms with Gasteiger partial charge in [0, 0.05) is 31.1 Å². The van der Waals surface area contributed by atoms with Crippen molar-refractivity contribution in [2.75, 3.05) is 19.6 Å². The van der Waals surface area contributed by atoms with Gasteiger partial charge in [-0.1, -0.05) is 49.1 Å². The molecule has 0 spiro atoms. The van der Waals surface area contributed by atoms with Gasteiger partial charge in [0.2, 0.25) is 0 Å². The SMILES string of the molecule is C=CC(=C)C(CCN1CC(N2Cc3cccc(C)c3C2=O)C1)/C(C)=C/C. The fourth-order valence-corrected chi connectivity index (χ4v) is 4.14. The van der Waals surface area contributed by atoms with E-state index in [0.29, 0.717) is 12.0 Å². The molecule has 0 aliphatic carbocycles. The van der Waals surface area contributed by atoms with Gasteiger partial charge in [0.15, 0.2) is 0 Å². The normalized spacial score (nSPS) is 19.3. The van der Waals surface area contributed by atoms with Gasteiger partial charge in [-0.05, 0) is 50.4 Å². The lowest BCUT2D eigenvalue weighted by Crippen LogP contribution is -2.59. The minimum absolute atomic E-state index is 0.213. The zero-order valence-electron chi connectivity index (χ0n) is 16.3. The van der Waals surface area contributed by atoms with Crippen molar-refractivity contribution >= 4 is 5.91 Å². The summed E-state index contributed by atoms with van der Waals surface area (Å²) in [7, 11) is 0. The summed E-state index contributed by atoms with van der Waals surface area (Å²) in [6.45, 7) is 18.1. The van der Waals surface area contributed by atoms with Crippen LogP contribution in [0.4, 0.5) is 0 Å². The Morgan fingerprint density at radius 1 is 1.38 bits per heavy atom. The third-order valence-corrected chi connectivity index (χ3v) is 6.00. The zero-order chi connectivity index (χ0) is 18.8. The second-order valence-corrected chi connectivity index (χ2v) is 7.61. The molecule has 0 saturated carbocycles. The van der Waals surface area contributed by atoms with Crippen LogP contribution in [0.5, 0.6) is 0 Å². The topological polar surface area (TPSA) is 23.6 Å². The molecule has 3 heteroatoms. The number of hydrogen-bond acceptors (Lipinski definition) is 2. The predicted molar refractivity (Wildman–Crippen MR) is 108 cm³/mol. The van der Waals surface area contributed by atoms with E-state index in [1.807, 2.05) is 25.1 Å². The van der Waals surface area contributed by atoms with Crippen LogP contribution in [0.25, 0.3) is 0 Å². The summed E-state index contributed by atoms with van der Waals surface area (Å²) in [5.74, 6) is 0.585. The number of aryl methyl sites for hydroxylation is 1. The van der Waals surface area contributed by atoms with E-state index in [-0.39, 0.29) is 5.91 Å². The van der Waals surface area contributed by atoms with E-state index in [1.54, 1.807) is 0 Å². The van der Waals surface area contributed by atoms with E-state index in [0.717, 1.165) is 49.3 Å². The molecule has 0 bridgehead atoms. The van der Waals surface area contributed by atoms with Crippen LogP contribution in [-0.2, 0) is 6.54 Å². The maximum atomic E-state index is 12.8. The van der Waals surface area contributed by atoms with Crippen LogP contribution in [0.15, 0.2) is 54.7 Å². The van der Waals surface area contributed by atoms with Crippen molar-refractivity contribution in [2.24, 2.45) is 5.92 Å². The Kier molecular flexibility index (Phi) is 5.47. The molecule has 2 heterocycles. The Balaban J connectivity index is 1.54. The molecule has 26 heavy (non-hydrogen) atoms. The number of rotatable bonds is 7. The summed E-state index contributed by atoms with van der Waals surface area (Å²) < 4.78 is 0. The van der Waals surface area contributed by atoms with Crippen LogP contribution in [-0.4, -0.2) is 41.4 Å². The van der Waals surface area contributed by atoms with Gasteiger partial charge in [-0.2, -0.15) is 0 Å². The molecule has 1 saturated heterocycles. The predicted octanol–water partition coefficient (Wildman–Crippen LogP) is 4.35.